The second kappa shape index (κ2) is 10.9. The molecule has 0 saturated heterocycles. The van der Waals surface area contributed by atoms with Crippen LogP contribution >= 0.6 is 0 Å². The van der Waals surface area contributed by atoms with E-state index in [1.54, 1.807) is 18.2 Å². The number of aliphatic hydroxyl groups is 1. The van der Waals surface area contributed by atoms with Crippen LogP contribution < -0.4 is 14.2 Å². The highest BCUT2D eigenvalue weighted by Gasteiger charge is 2.32. The van der Waals surface area contributed by atoms with E-state index in [0.717, 1.165) is 41.7 Å². The van der Waals surface area contributed by atoms with Gasteiger partial charge in [-0.15, -0.1) is 0 Å². The lowest BCUT2D eigenvalue weighted by atomic mass is 9.98. The number of aryl methyl sites for hydroxylation is 2. The van der Waals surface area contributed by atoms with E-state index in [4.69, 9.17) is 19.3 Å². The Balaban J connectivity index is 1.29. The van der Waals surface area contributed by atoms with Gasteiger partial charge in [0.2, 0.25) is 0 Å². The molecule has 0 saturated carbocycles. The van der Waals surface area contributed by atoms with Gasteiger partial charge >= 0.3 is 5.97 Å². The molecule has 0 amide bonds. The van der Waals surface area contributed by atoms with Gasteiger partial charge in [0, 0.05) is 28.7 Å². The Kier molecular flexibility index (Phi) is 7.54. The first-order valence-electron chi connectivity index (χ1n) is 13.5. The second-order valence-electron chi connectivity index (χ2n) is 11.3. The Morgan fingerprint density at radius 3 is 2.67 bits per heavy atom. The van der Waals surface area contributed by atoms with Crippen LogP contribution in [0, 0.1) is 12.7 Å². The minimum Gasteiger partial charge on any atom is -0.492 e. The van der Waals surface area contributed by atoms with Crippen LogP contribution in [-0.4, -0.2) is 28.4 Å². The molecule has 2 N–H and O–H groups in total. The summed E-state index contributed by atoms with van der Waals surface area (Å²) in [7, 11) is 0. The summed E-state index contributed by atoms with van der Waals surface area (Å²) >= 11 is 0. The number of carboxylic acid groups (broad SMARTS) is 1. The van der Waals surface area contributed by atoms with Crippen molar-refractivity contribution in [2.24, 2.45) is 0 Å². The Morgan fingerprint density at radius 2 is 1.92 bits per heavy atom. The molecule has 1 aliphatic carbocycles. The number of halogens is 1. The van der Waals surface area contributed by atoms with Crippen molar-refractivity contribution in [3.63, 3.8) is 0 Å². The molecule has 1 aliphatic heterocycles. The van der Waals surface area contributed by atoms with Gasteiger partial charge in [-0.1, -0.05) is 18.2 Å². The quantitative estimate of drug-likeness (QED) is 0.290. The summed E-state index contributed by atoms with van der Waals surface area (Å²) in [6.45, 7) is 5.98. The molecule has 2 aliphatic rings. The molecule has 206 valence electrons. The van der Waals surface area contributed by atoms with Crippen molar-refractivity contribution < 1.29 is 33.6 Å². The molecule has 2 atom stereocenters. The van der Waals surface area contributed by atoms with Gasteiger partial charge in [0.25, 0.3) is 0 Å². The molecule has 1 heterocycles. The fourth-order valence-corrected chi connectivity index (χ4v) is 5.55. The summed E-state index contributed by atoms with van der Waals surface area (Å²) in [6.07, 6.45) is 3.31. The fourth-order valence-electron chi connectivity index (χ4n) is 5.55. The summed E-state index contributed by atoms with van der Waals surface area (Å²) in [6, 6.07) is 14.6. The molecule has 2 unspecified atom stereocenters. The number of rotatable bonds is 10. The average Bonchev–Trinajstić information content (AvgIpc) is 3.46. The molecule has 0 bridgehead atoms. The molecule has 0 radical (unpaired) electrons. The third-order valence-electron chi connectivity index (χ3n) is 7.52. The van der Waals surface area contributed by atoms with E-state index in [9.17, 15) is 9.90 Å². The standard InChI is InChI=1S/C32H35FO6/c1-19-15-20(5-4-14-32(2,3)36)6-11-26(19)39-27-13-10-25(33)31-24(27)9-12-28(31)38-22-7-8-23-21(16-30(34)35)18-37-29(23)17-22/h6-8,10-11,13,15,17,21,28,36H,4-5,9,12,14,16,18H2,1-3H3,(H,34,35). The molecule has 3 aromatic carbocycles. The molecule has 0 spiro atoms. The molecule has 0 aromatic heterocycles. The number of ether oxygens (including phenoxy) is 3. The molecule has 3 aromatic rings. The Morgan fingerprint density at radius 1 is 1.13 bits per heavy atom. The van der Waals surface area contributed by atoms with Crippen LogP contribution in [-0.2, 0) is 17.6 Å². The second-order valence-corrected chi connectivity index (χ2v) is 11.3. The zero-order chi connectivity index (χ0) is 27.7. The van der Waals surface area contributed by atoms with Gasteiger partial charge in [0.05, 0.1) is 18.6 Å². The molecular formula is C32H35FO6. The molecule has 5 rings (SSSR count). The molecule has 7 heteroatoms. The summed E-state index contributed by atoms with van der Waals surface area (Å²) in [5.74, 6) is 1.17. The summed E-state index contributed by atoms with van der Waals surface area (Å²) in [5, 5.41) is 19.1. The summed E-state index contributed by atoms with van der Waals surface area (Å²) < 4.78 is 33.3. The largest absolute Gasteiger partial charge is 0.492 e. The van der Waals surface area contributed by atoms with Crippen molar-refractivity contribution in [2.45, 2.75) is 76.9 Å². The van der Waals surface area contributed by atoms with Gasteiger partial charge in [0.1, 0.15) is 34.9 Å². The van der Waals surface area contributed by atoms with Crippen LogP contribution in [0.1, 0.15) is 79.4 Å². The minimum atomic E-state index is -0.860. The average molecular weight is 535 g/mol. The van der Waals surface area contributed by atoms with Crippen LogP contribution in [0.15, 0.2) is 48.5 Å². The highest BCUT2D eigenvalue weighted by Crippen LogP contribution is 2.44. The Labute approximate surface area is 228 Å². The molecule has 0 fully saturated rings. The number of benzene rings is 3. The van der Waals surface area contributed by atoms with Crippen molar-refractivity contribution >= 4 is 5.97 Å². The normalized spacial score (nSPS) is 17.9. The van der Waals surface area contributed by atoms with Gasteiger partial charge in [0.15, 0.2) is 0 Å². The monoisotopic (exact) mass is 534 g/mol. The predicted molar refractivity (Wildman–Crippen MR) is 146 cm³/mol. The van der Waals surface area contributed by atoms with Crippen LogP contribution in [0.3, 0.4) is 0 Å². The van der Waals surface area contributed by atoms with Crippen molar-refractivity contribution in [2.75, 3.05) is 6.61 Å². The number of carbonyl (C=O) groups is 1. The fraction of sp³-hybridized carbons (Fsp3) is 0.406. The highest BCUT2D eigenvalue weighted by atomic mass is 19.1. The van der Waals surface area contributed by atoms with Gasteiger partial charge in [-0.3, -0.25) is 4.79 Å². The van der Waals surface area contributed by atoms with Gasteiger partial charge in [-0.25, -0.2) is 4.39 Å². The van der Waals surface area contributed by atoms with E-state index in [0.29, 0.717) is 42.3 Å². The van der Waals surface area contributed by atoms with E-state index < -0.39 is 17.7 Å². The van der Waals surface area contributed by atoms with E-state index in [1.807, 2.05) is 39.0 Å². The van der Waals surface area contributed by atoms with Crippen molar-refractivity contribution in [1.82, 2.24) is 0 Å². The third-order valence-corrected chi connectivity index (χ3v) is 7.52. The first kappa shape index (κ1) is 27.0. The van der Waals surface area contributed by atoms with E-state index >= 15 is 4.39 Å². The van der Waals surface area contributed by atoms with E-state index in [2.05, 4.69) is 6.07 Å². The molecular weight excluding hydrogens is 499 g/mol. The zero-order valence-corrected chi connectivity index (χ0v) is 22.6. The van der Waals surface area contributed by atoms with E-state index in [-0.39, 0.29) is 18.2 Å². The summed E-state index contributed by atoms with van der Waals surface area (Å²) in [4.78, 5) is 11.1. The Hall–Kier alpha value is -3.58. The first-order chi connectivity index (χ1) is 18.6. The maximum Gasteiger partial charge on any atom is 0.304 e. The number of hydrogen-bond acceptors (Lipinski definition) is 5. The van der Waals surface area contributed by atoms with Gasteiger partial charge in [-0.2, -0.15) is 0 Å². The van der Waals surface area contributed by atoms with Crippen LogP contribution in [0.2, 0.25) is 0 Å². The number of hydrogen-bond donors (Lipinski definition) is 2. The Bertz CT molecular complexity index is 1380. The van der Waals surface area contributed by atoms with Crippen LogP contribution in [0.4, 0.5) is 4.39 Å². The summed E-state index contributed by atoms with van der Waals surface area (Å²) in [5.41, 5.74) is 3.71. The van der Waals surface area contributed by atoms with Crippen LogP contribution in [0.5, 0.6) is 23.0 Å². The van der Waals surface area contributed by atoms with Crippen molar-refractivity contribution in [3.05, 3.63) is 82.2 Å². The lowest BCUT2D eigenvalue weighted by Gasteiger charge is -2.18. The lowest BCUT2D eigenvalue weighted by Crippen LogP contribution is -2.18. The third kappa shape index (κ3) is 6.19. The van der Waals surface area contributed by atoms with Crippen LogP contribution in [0.25, 0.3) is 0 Å². The number of aliphatic carboxylic acids is 1. The highest BCUT2D eigenvalue weighted by molar-refractivity contribution is 5.68. The number of carboxylic acids is 1. The lowest BCUT2D eigenvalue weighted by molar-refractivity contribution is -0.137. The van der Waals surface area contributed by atoms with Gasteiger partial charge in [-0.05, 0) is 88.3 Å². The molecule has 39 heavy (non-hydrogen) atoms. The number of fused-ring (bicyclic) bond motifs is 2. The van der Waals surface area contributed by atoms with E-state index in [1.165, 1.54) is 11.6 Å². The zero-order valence-electron chi connectivity index (χ0n) is 22.6. The van der Waals surface area contributed by atoms with Crippen molar-refractivity contribution in [1.29, 1.82) is 0 Å². The molecule has 6 nitrogen and oxygen atoms in total. The topological polar surface area (TPSA) is 85.2 Å². The maximum atomic E-state index is 15.1. The van der Waals surface area contributed by atoms with Gasteiger partial charge < -0.3 is 24.4 Å². The SMILES string of the molecule is Cc1cc(CCCC(C)(C)O)ccc1Oc1ccc(F)c2c1CCC2Oc1ccc2c(c1)OCC2CC(=O)O. The maximum absolute atomic E-state index is 15.1. The van der Waals surface area contributed by atoms with Crippen molar-refractivity contribution in [3.8, 4) is 23.0 Å². The minimum absolute atomic E-state index is 0.0153. The first-order valence-corrected chi connectivity index (χ1v) is 13.5. The smallest absolute Gasteiger partial charge is 0.304 e. The predicted octanol–water partition coefficient (Wildman–Crippen LogP) is 7.04.